The van der Waals surface area contributed by atoms with E-state index in [1.54, 1.807) is 12.5 Å². The summed E-state index contributed by atoms with van der Waals surface area (Å²) in [5.41, 5.74) is 2.10. The van der Waals surface area contributed by atoms with Gasteiger partial charge in [-0.3, -0.25) is 4.98 Å². The van der Waals surface area contributed by atoms with Crippen LogP contribution in [0.25, 0.3) is 5.69 Å². The molecule has 1 N–H and O–H groups in total. The molecule has 0 saturated heterocycles. The van der Waals surface area contributed by atoms with Crippen molar-refractivity contribution in [3.63, 3.8) is 0 Å². The number of ether oxygens (including phenoxy) is 1. The van der Waals surface area contributed by atoms with Crippen LogP contribution in [0.4, 0.5) is 4.79 Å². The van der Waals surface area contributed by atoms with E-state index >= 15 is 0 Å². The molecule has 2 aromatic heterocycles. The number of carbonyl (C=O) groups is 1. The fraction of sp³-hybridized carbons (Fsp3) is 0.500. The van der Waals surface area contributed by atoms with Gasteiger partial charge in [-0.1, -0.05) is 0 Å². The minimum atomic E-state index is -0.519. The Labute approximate surface area is 143 Å². The summed E-state index contributed by atoms with van der Waals surface area (Å²) in [6.45, 7) is 11.5. The molecule has 0 spiro atoms. The van der Waals surface area contributed by atoms with Gasteiger partial charge in [-0.05, 0) is 53.2 Å². The lowest BCUT2D eigenvalue weighted by Crippen LogP contribution is -2.47. The minimum Gasteiger partial charge on any atom is -0.444 e. The van der Waals surface area contributed by atoms with Crippen molar-refractivity contribution in [1.29, 1.82) is 0 Å². The van der Waals surface area contributed by atoms with Gasteiger partial charge in [0.15, 0.2) is 0 Å². The van der Waals surface area contributed by atoms with Gasteiger partial charge in [0.1, 0.15) is 5.60 Å². The highest BCUT2D eigenvalue weighted by molar-refractivity contribution is 5.68. The summed E-state index contributed by atoms with van der Waals surface area (Å²) >= 11 is 0. The second kappa shape index (κ2) is 6.63. The van der Waals surface area contributed by atoms with Gasteiger partial charge in [0.05, 0.1) is 18.2 Å². The summed E-state index contributed by atoms with van der Waals surface area (Å²) in [6, 6.07) is 1.96. The number of alkyl carbamates (subject to hydrolysis) is 1. The number of nitrogens with zero attached hydrogens (tertiary/aromatic N) is 3. The normalized spacial score (nSPS) is 12.1. The zero-order chi connectivity index (χ0) is 18.0. The molecule has 0 aliphatic heterocycles. The van der Waals surface area contributed by atoms with Crippen molar-refractivity contribution < 1.29 is 9.53 Å². The summed E-state index contributed by atoms with van der Waals surface area (Å²) in [6.07, 6.45) is 7.35. The Morgan fingerprint density at radius 1 is 1.21 bits per heavy atom. The van der Waals surface area contributed by atoms with E-state index in [-0.39, 0.29) is 0 Å². The molecule has 0 fully saturated rings. The van der Waals surface area contributed by atoms with Crippen molar-refractivity contribution in [3.05, 3.63) is 42.2 Å². The third kappa shape index (κ3) is 4.81. The predicted octanol–water partition coefficient (Wildman–Crippen LogP) is 3.42. The molecule has 6 nitrogen and oxygen atoms in total. The molecule has 2 aromatic rings. The number of hydrogen-bond acceptors (Lipinski definition) is 4. The van der Waals surface area contributed by atoms with E-state index in [1.165, 1.54) is 0 Å². The van der Waals surface area contributed by atoms with Crippen molar-refractivity contribution in [2.75, 3.05) is 0 Å². The SMILES string of the molecule is Cc1ccncc1-n1cncc1CC(C)(C)NC(=O)OC(C)(C)C. The summed E-state index contributed by atoms with van der Waals surface area (Å²) in [7, 11) is 0. The van der Waals surface area contributed by atoms with Crippen LogP contribution in [0.3, 0.4) is 0 Å². The Morgan fingerprint density at radius 3 is 2.54 bits per heavy atom. The van der Waals surface area contributed by atoms with Crippen LogP contribution in [0.1, 0.15) is 45.9 Å². The quantitative estimate of drug-likeness (QED) is 0.932. The van der Waals surface area contributed by atoms with E-state index in [0.717, 1.165) is 16.9 Å². The van der Waals surface area contributed by atoms with E-state index in [2.05, 4.69) is 15.3 Å². The number of imidazole rings is 1. The Bertz CT molecular complexity index is 714. The molecule has 24 heavy (non-hydrogen) atoms. The van der Waals surface area contributed by atoms with E-state index in [1.807, 2.05) is 64.6 Å². The first-order chi connectivity index (χ1) is 11.1. The lowest BCUT2D eigenvalue weighted by molar-refractivity contribution is 0.0472. The van der Waals surface area contributed by atoms with Crippen molar-refractivity contribution in [2.45, 2.75) is 59.1 Å². The number of aromatic nitrogens is 3. The van der Waals surface area contributed by atoms with Crippen LogP contribution in [0.2, 0.25) is 0 Å². The molecule has 2 rings (SSSR count). The first-order valence-corrected chi connectivity index (χ1v) is 8.01. The highest BCUT2D eigenvalue weighted by Gasteiger charge is 2.26. The van der Waals surface area contributed by atoms with Crippen LogP contribution in [0, 0.1) is 6.92 Å². The van der Waals surface area contributed by atoms with Crippen molar-refractivity contribution in [3.8, 4) is 5.69 Å². The van der Waals surface area contributed by atoms with Crippen LogP contribution >= 0.6 is 0 Å². The van der Waals surface area contributed by atoms with Crippen LogP contribution in [0.15, 0.2) is 31.0 Å². The van der Waals surface area contributed by atoms with Gasteiger partial charge >= 0.3 is 6.09 Å². The molecule has 0 radical (unpaired) electrons. The van der Waals surface area contributed by atoms with E-state index < -0.39 is 17.2 Å². The number of nitrogens with one attached hydrogen (secondary N) is 1. The van der Waals surface area contributed by atoms with Gasteiger partial charge in [0.25, 0.3) is 0 Å². The van der Waals surface area contributed by atoms with Crippen LogP contribution in [-0.4, -0.2) is 31.8 Å². The van der Waals surface area contributed by atoms with Crippen LogP contribution in [-0.2, 0) is 11.2 Å². The maximum Gasteiger partial charge on any atom is 0.408 e. The molecule has 0 unspecified atom stereocenters. The standard InChI is InChI=1S/C18H26N4O2/c1-13-7-8-19-11-15(13)22-12-20-10-14(22)9-18(5,6)21-16(23)24-17(2,3)4/h7-8,10-12H,9H2,1-6H3,(H,21,23). The third-order valence-electron chi connectivity index (χ3n) is 3.45. The average Bonchev–Trinajstić information content (AvgIpc) is 2.83. The van der Waals surface area contributed by atoms with Crippen molar-refractivity contribution in [1.82, 2.24) is 19.9 Å². The number of hydrogen-bond donors (Lipinski definition) is 1. The molecule has 0 saturated carbocycles. The first kappa shape index (κ1) is 18.0. The number of rotatable bonds is 4. The van der Waals surface area contributed by atoms with E-state index in [9.17, 15) is 4.79 Å². The van der Waals surface area contributed by atoms with E-state index in [4.69, 9.17) is 4.74 Å². The lowest BCUT2D eigenvalue weighted by atomic mass is 9.98. The monoisotopic (exact) mass is 330 g/mol. The third-order valence-corrected chi connectivity index (χ3v) is 3.45. The Balaban J connectivity index is 2.15. The Hall–Kier alpha value is -2.37. The van der Waals surface area contributed by atoms with Crippen molar-refractivity contribution >= 4 is 6.09 Å². The summed E-state index contributed by atoms with van der Waals surface area (Å²) in [5, 5.41) is 2.93. The Kier molecular flexibility index (Phi) is 4.96. The van der Waals surface area contributed by atoms with Gasteiger partial charge in [0, 0.05) is 30.0 Å². The second-order valence-corrected chi connectivity index (χ2v) is 7.60. The lowest BCUT2D eigenvalue weighted by Gasteiger charge is -2.29. The molecule has 2 heterocycles. The maximum atomic E-state index is 12.0. The van der Waals surface area contributed by atoms with Crippen LogP contribution < -0.4 is 5.32 Å². The highest BCUT2D eigenvalue weighted by atomic mass is 16.6. The molecule has 1 amide bonds. The molecular formula is C18H26N4O2. The molecule has 0 aliphatic carbocycles. The fourth-order valence-corrected chi connectivity index (χ4v) is 2.45. The predicted molar refractivity (Wildman–Crippen MR) is 93.2 cm³/mol. The molecule has 0 aliphatic rings. The molecule has 130 valence electrons. The average molecular weight is 330 g/mol. The number of amides is 1. The largest absolute Gasteiger partial charge is 0.444 e. The van der Waals surface area contributed by atoms with Gasteiger partial charge in [-0.15, -0.1) is 0 Å². The minimum absolute atomic E-state index is 0.420. The topological polar surface area (TPSA) is 69.0 Å². The smallest absolute Gasteiger partial charge is 0.408 e. The molecule has 0 aromatic carbocycles. The second-order valence-electron chi connectivity index (χ2n) is 7.60. The van der Waals surface area contributed by atoms with Crippen LogP contribution in [0.5, 0.6) is 0 Å². The first-order valence-electron chi connectivity index (χ1n) is 8.01. The van der Waals surface area contributed by atoms with Gasteiger partial charge in [0.2, 0.25) is 0 Å². The molecule has 0 atom stereocenters. The highest BCUT2D eigenvalue weighted by Crippen LogP contribution is 2.19. The fourth-order valence-electron chi connectivity index (χ4n) is 2.45. The number of aryl methyl sites for hydroxylation is 1. The molecule has 0 bridgehead atoms. The zero-order valence-electron chi connectivity index (χ0n) is 15.3. The van der Waals surface area contributed by atoms with Gasteiger partial charge < -0.3 is 14.6 Å². The maximum absolute atomic E-state index is 12.0. The van der Waals surface area contributed by atoms with Crippen molar-refractivity contribution in [2.24, 2.45) is 0 Å². The van der Waals surface area contributed by atoms with E-state index in [0.29, 0.717) is 6.42 Å². The number of pyridine rings is 1. The van der Waals surface area contributed by atoms with Gasteiger partial charge in [-0.2, -0.15) is 0 Å². The number of carbonyl (C=O) groups excluding carboxylic acids is 1. The summed E-state index contributed by atoms with van der Waals surface area (Å²) < 4.78 is 7.35. The summed E-state index contributed by atoms with van der Waals surface area (Å²) in [4.78, 5) is 20.5. The molecular weight excluding hydrogens is 304 g/mol. The van der Waals surface area contributed by atoms with Gasteiger partial charge in [-0.25, -0.2) is 9.78 Å². The zero-order valence-corrected chi connectivity index (χ0v) is 15.3. The summed E-state index contributed by atoms with van der Waals surface area (Å²) in [5.74, 6) is 0. The Morgan fingerprint density at radius 2 is 1.92 bits per heavy atom. The molecule has 6 heteroatoms.